The number of carbonyl (C=O) groups is 2. The van der Waals surface area contributed by atoms with Gasteiger partial charge < -0.3 is 15.4 Å². The van der Waals surface area contributed by atoms with E-state index in [2.05, 4.69) is 25.9 Å². The minimum absolute atomic E-state index is 0.0139. The van der Waals surface area contributed by atoms with E-state index in [1.807, 2.05) is 0 Å². The molecule has 1 aliphatic carbocycles. The van der Waals surface area contributed by atoms with Gasteiger partial charge in [0, 0.05) is 19.1 Å². The van der Waals surface area contributed by atoms with E-state index in [1.165, 1.54) is 4.68 Å². The van der Waals surface area contributed by atoms with Gasteiger partial charge in [-0.2, -0.15) is 28.1 Å². The second kappa shape index (κ2) is 10.4. The molecule has 2 aliphatic rings. The number of rotatable bonds is 8. The number of nitrogens with zero attached hydrogens (tertiary/aromatic N) is 4. The molecule has 1 atom stereocenters. The molecule has 2 amide bonds. The third kappa shape index (κ3) is 6.19. The van der Waals surface area contributed by atoms with Crippen molar-refractivity contribution in [2.45, 2.75) is 50.7 Å². The van der Waals surface area contributed by atoms with Crippen molar-refractivity contribution < 1.29 is 35.9 Å². The van der Waals surface area contributed by atoms with E-state index in [9.17, 15) is 31.2 Å². The number of carbonyl (C=O) groups excluding carboxylic acids is 2. The number of anilines is 1. The van der Waals surface area contributed by atoms with Crippen LogP contribution in [-0.4, -0.2) is 65.0 Å². The Hall–Kier alpha value is -4.01. The molecule has 1 aromatic carbocycles. The Bertz CT molecular complexity index is 1620. The minimum atomic E-state index is -4.24. The van der Waals surface area contributed by atoms with Crippen LogP contribution < -0.4 is 15.4 Å². The average Bonchev–Trinajstić information content (AvgIpc) is 3.39. The van der Waals surface area contributed by atoms with Crippen LogP contribution in [0.4, 0.5) is 19.0 Å². The summed E-state index contributed by atoms with van der Waals surface area (Å²) >= 11 is 0. The molecule has 2 N–H and O–H groups in total. The molecule has 0 unspecified atom stereocenters. The van der Waals surface area contributed by atoms with Crippen molar-refractivity contribution in [2.24, 2.45) is 0 Å². The summed E-state index contributed by atoms with van der Waals surface area (Å²) in [5.74, 6) is -1.47. The van der Waals surface area contributed by atoms with Crippen molar-refractivity contribution in [3.8, 4) is 11.6 Å². The van der Waals surface area contributed by atoms with Gasteiger partial charge in [-0.25, -0.2) is 8.42 Å². The molecule has 218 valence electrons. The summed E-state index contributed by atoms with van der Waals surface area (Å²) in [6.45, 7) is 1.67. The number of aryl methyl sites for hydroxylation is 2. The Balaban J connectivity index is 1.45. The van der Waals surface area contributed by atoms with Crippen LogP contribution in [-0.2, 0) is 33.0 Å². The van der Waals surface area contributed by atoms with Crippen LogP contribution in [0.25, 0.3) is 5.82 Å². The molecule has 3 aromatic rings. The molecule has 2 aromatic heterocycles. The minimum Gasteiger partial charge on any atom is -0.494 e. The summed E-state index contributed by atoms with van der Waals surface area (Å²) in [4.78, 5) is 26.2. The highest BCUT2D eigenvalue weighted by Gasteiger charge is 2.47. The number of alkyl halides is 3. The Morgan fingerprint density at radius 3 is 2.68 bits per heavy atom. The first-order valence-electron chi connectivity index (χ1n) is 12.8. The van der Waals surface area contributed by atoms with Crippen molar-refractivity contribution in [1.82, 2.24) is 25.3 Å². The lowest BCUT2D eigenvalue weighted by molar-refractivity contribution is -0.136. The van der Waals surface area contributed by atoms with Gasteiger partial charge in [0.1, 0.15) is 17.1 Å². The number of benzene rings is 1. The summed E-state index contributed by atoms with van der Waals surface area (Å²) in [5, 5.41) is 18.3. The molecule has 0 saturated carbocycles. The van der Waals surface area contributed by atoms with E-state index in [1.54, 1.807) is 37.3 Å². The topological polar surface area (TPSA) is 145 Å². The van der Waals surface area contributed by atoms with Crippen LogP contribution in [0, 0.1) is 6.92 Å². The Morgan fingerprint density at radius 1 is 1.22 bits per heavy atom. The van der Waals surface area contributed by atoms with Crippen LogP contribution in [0.5, 0.6) is 5.75 Å². The van der Waals surface area contributed by atoms with Gasteiger partial charge in [-0.3, -0.25) is 9.59 Å². The second-order valence-electron chi connectivity index (χ2n) is 10.3. The normalized spacial score (nSPS) is 18.1. The summed E-state index contributed by atoms with van der Waals surface area (Å²) in [7, 11) is -3.64. The van der Waals surface area contributed by atoms with Gasteiger partial charge in [-0.05, 0) is 61.6 Å². The number of hydrogen-bond acceptors (Lipinski definition) is 8. The van der Waals surface area contributed by atoms with Crippen LogP contribution in [0.3, 0.4) is 0 Å². The fourth-order valence-electron chi connectivity index (χ4n) is 5.22. The predicted octanol–water partition coefficient (Wildman–Crippen LogP) is 2.80. The third-order valence-corrected chi connectivity index (χ3v) is 7.73. The molecule has 3 heterocycles. The third-order valence-electron chi connectivity index (χ3n) is 6.95. The molecule has 41 heavy (non-hydrogen) atoms. The van der Waals surface area contributed by atoms with E-state index >= 15 is 0 Å². The average molecular weight is 593 g/mol. The Labute approximate surface area is 233 Å². The number of hydrogen-bond donors (Lipinski definition) is 2. The molecule has 1 aliphatic heterocycles. The lowest BCUT2D eigenvalue weighted by Gasteiger charge is -2.35. The van der Waals surface area contributed by atoms with Crippen LogP contribution in [0.2, 0.25) is 0 Å². The molecular formula is C26H27F3N6O5S. The first-order chi connectivity index (χ1) is 19.2. The first kappa shape index (κ1) is 28.5. The molecule has 1 spiro atoms. The van der Waals surface area contributed by atoms with E-state index < -0.39 is 45.5 Å². The fraction of sp³-hybridized carbons (Fsp3) is 0.423. The molecular weight excluding hydrogens is 565 g/mol. The van der Waals surface area contributed by atoms with Gasteiger partial charge in [0.2, 0.25) is 5.91 Å². The van der Waals surface area contributed by atoms with Crippen molar-refractivity contribution >= 4 is 27.5 Å². The van der Waals surface area contributed by atoms with Gasteiger partial charge in [0.05, 0.1) is 23.5 Å². The van der Waals surface area contributed by atoms with E-state index in [0.29, 0.717) is 30.0 Å². The maximum Gasteiger partial charge on any atom is 0.389 e. The second-order valence-corrected chi connectivity index (χ2v) is 12.5. The van der Waals surface area contributed by atoms with Crippen molar-refractivity contribution in [3.05, 3.63) is 58.4 Å². The Kier molecular flexibility index (Phi) is 7.26. The molecule has 0 fully saturated rings. The van der Waals surface area contributed by atoms with Crippen LogP contribution >= 0.6 is 0 Å². The quantitative estimate of drug-likeness (QED) is 0.380. The zero-order chi connectivity index (χ0) is 29.6. The summed E-state index contributed by atoms with van der Waals surface area (Å²) in [6, 6.07) is 8.53. The summed E-state index contributed by atoms with van der Waals surface area (Å²) < 4.78 is 67.5. The zero-order valence-electron chi connectivity index (χ0n) is 22.2. The Morgan fingerprint density at radius 2 is 2.00 bits per heavy atom. The molecule has 5 rings (SSSR count). The summed E-state index contributed by atoms with van der Waals surface area (Å²) in [5.41, 5.74) is 2.04. The predicted molar refractivity (Wildman–Crippen MR) is 141 cm³/mol. The largest absolute Gasteiger partial charge is 0.494 e. The molecule has 15 heteroatoms. The fourth-order valence-corrected chi connectivity index (χ4v) is 5.77. The SMILES string of the molecule is Cc1ccc(-n2nc3c(c2NC(=O)CS(C)(=O)=O)C(=O)N[C@@]2(CCc4cc(OCCCC(F)(F)F)ccc42)C3)nn1. The van der Waals surface area contributed by atoms with E-state index in [-0.39, 0.29) is 36.6 Å². The van der Waals surface area contributed by atoms with Gasteiger partial charge in [0.15, 0.2) is 21.5 Å². The van der Waals surface area contributed by atoms with Gasteiger partial charge in [-0.1, -0.05) is 6.07 Å². The number of nitrogens with one attached hydrogen (secondary N) is 2. The monoisotopic (exact) mass is 592 g/mol. The first-order valence-corrected chi connectivity index (χ1v) is 14.8. The smallest absolute Gasteiger partial charge is 0.389 e. The number of sulfone groups is 1. The maximum atomic E-state index is 13.6. The lowest BCUT2D eigenvalue weighted by atomic mass is 9.82. The molecule has 0 bridgehead atoms. The van der Waals surface area contributed by atoms with Crippen molar-refractivity contribution in [1.29, 1.82) is 0 Å². The van der Waals surface area contributed by atoms with Gasteiger partial charge in [-0.15, -0.1) is 5.10 Å². The zero-order valence-corrected chi connectivity index (χ0v) is 23.0. The molecule has 11 nitrogen and oxygen atoms in total. The standard InChI is InChI=1S/C26H27F3N6O5S/c1-15-4-7-20(33-32-15)35-23(30-21(36)14-41(2,38)39)22-19(34-35)13-25(31-24(22)37)10-8-16-12-17(5-6-18(16)25)40-11-3-9-26(27,28)29/h4-7,12H,3,8-11,13-14H2,1-2H3,(H,30,36)(H,31,37)/t25-/m0/s1. The van der Waals surface area contributed by atoms with Crippen LogP contribution in [0.1, 0.15) is 52.1 Å². The highest BCUT2D eigenvalue weighted by Crippen LogP contribution is 2.44. The number of aromatic nitrogens is 4. The number of halogens is 3. The molecule has 0 saturated heterocycles. The molecule has 0 radical (unpaired) electrons. The number of amides is 2. The van der Waals surface area contributed by atoms with E-state index in [0.717, 1.165) is 17.4 Å². The van der Waals surface area contributed by atoms with Crippen molar-refractivity contribution in [3.63, 3.8) is 0 Å². The van der Waals surface area contributed by atoms with Gasteiger partial charge in [0.25, 0.3) is 5.91 Å². The highest BCUT2D eigenvalue weighted by atomic mass is 32.2. The number of ether oxygens (including phenoxy) is 1. The van der Waals surface area contributed by atoms with Gasteiger partial charge >= 0.3 is 6.18 Å². The highest BCUT2D eigenvalue weighted by molar-refractivity contribution is 7.91. The van der Waals surface area contributed by atoms with E-state index in [4.69, 9.17) is 4.74 Å². The number of fused-ring (bicyclic) bond motifs is 3. The van der Waals surface area contributed by atoms with Crippen molar-refractivity contribution in [2.75, 3.05) is 23.9 Å². The summed E-state index contributed by atoms with van der Waals surface area (Å²) in [6.07, 6.45) is -2.98. The van der Waals surface area contributed by atoms with Crippen LogP contribution in [0.15, 0.2) is 30.3 Å². The lowest BCUT2D eigenvalue weighted by Crippen LogP contribution is -2.49. The maximum absolute atomic E-state index is 13.6.